The maximum atomic E-state index is 2.26. The number of benzene rings is 2. The summed E-state index contributed by atoms with van der Waals surface area (Å²) in [4.78, 5) is 2.18. The molecule has 0 bridgehead atoms. The third-order valence-corrected chi connectivity index (χ3v) is 2.31. The molecule has 2 aromatic rings. The third-order valence-electron chi connectivity index (χ3n) is 2.31. The van der Waals surface area contributed by atoms with Crippen molar-refractivity contribution in [2.24, 2.45) is 0 Å². The fraction of sp³-hybridized carbons (Fsp3) is 0.286. The summed E-state index contributed by atoms with van der Waals surface area (Å²) in [5.74, 6) is 0. The monoisotopic (exact) mass is 201 g/mol. The molecule has 0 aliphatic heterocycles. The van der Waals surface area contributed by atoms with Gasteiger partial charge < -0.3 is 4.90 Å². The van der Waals surface area contributed by atoms with Crippen molar-refractivity contribution in [1.29, 1.82) is 0 Å². The maximum Gasteiger partial charge on any atom is 0.0227 e. The highest BCUT2D eigenvalue weighted by Crippen LogP contribution is 2.16. The maximum absolute atomic E-state index is 2.26. The number of hydrogen-bond donors (Lipinski definition) is 0. The topological polar surface area (TPSA) is 3.24 Å². The van der Waals surface area contributed by atoms with E-state index in [1.807, 2.05) is 0 Å². The lowest BCUT2D eigenvalue weighted by atomic mass is 10.1. The zero-order valence-corrected chi connectivity index (χ0v) is 8.70. The molecule has 0 atom stereocenters. The van der Waals surface area contributed by atoms with Crippen molar-refractivity contribution in [2.45, 2.75) is 14.0 Å². The highest BCUT2D eigenvalue weighted by Gasteiger charge is 1.96. The van der Waals surface area contributed by atoms with Crippen LogP contribution in [-0.2, 0) is 6.54 Å². The fourth-order valence-electron chi connectivity index (χ4n) is 1.70. The highest BCUT2D eigenvalue weighted by atomic mass is 15.0. The van der Waals surface area contributed by atoms with Crippen molar-refractivity contribution in [3.63, 3.8) is 0 Å². The van der Waals surface area contributed by atoms with Gasteiger partial charge in [0.05, 0.1) is 0 Å². The van der Waals surface area contributed by atoms with Crippen molar-refractivity contribution in [1.82, 2.24) is 4.90 Å². The van der Waals surface area contributed by atoms with Crippen LogP contribution in [0.25, 0.3) is 10.8 Å². The predicted molar refractivity (Wildman–Crippen MR) is 68.1 cm³/mol. The van der Waals surface area contributed by atoms with Crippen molar-refractivity contribution in [2.75, 3.05) is 14.1 Å². The van der Waals surface area contributed by atoms with Crippen LogP contribution in [0.2, 0.25) is 0 Å². The zero-order chi connectivity index (χ0) is 9.97. The first-order valence-electron chi connectivity index (χ1n) is 4.88. The van der Waals surface area contributed by atoms with Gasteiger partial charge in [0, 0.05) is 6.54 Å². The minimum Gasteiger partial charge on any atom is -0.305 e. The van der Waals surface area contributed by atoms with Crippen LogP contribution in [0, 0.1) is 0 Å². The van der Waals surface area contributed by atoms with Gasteiger partial charge in [-0.2, -0.15) is 0 Å². The average Bonchev–Trinajstić information content (AvgIpc) is 2.17. The van der Waals surface area contributed by atoms with Crippen molar-refractivity contribution >= 4 is 10.8 Å². The summed E-state index contributed by atoms with van der Waals surface area (Å²) in [6.45, 7) is 1.00. The first kappa shape index (κ1) is 11.7. The first-order chi connectivity index (χ1) is 6.75. The second-order valence-electron chi connectivity index (χ2n) is 3.92. The largest absolute Gasteiger partial charge is 0.305 e. The molecular weight excluding hydrogens is 182 g/mol. The molecule has 0 N–H and O–H groups in total. The normalized spacial score (nSPS) is 10.3. The summed E-state index contributed by atoms with van der Waals surface area (Å²) < 4.78 is 0. The summed E-state index contributed by atoms with van der Waals surface area (Å²) in [5.41, 5.74) is 1.37. The Hall–Kier alpha value is -1.34. The molecule has 2 aromatic carbocycles. The molecule has 0 unspecified atom stereocenters. The summed E-state index contributed by atoms with van der Waals surface area (Å²) in [5, 5.41) is 2.64. The van der Waals surface area contributed by atoms with Gasteiger partial charge in [-0.3, -0.25) is 0 Å². The molecule has 0 fully saturated rings. The van der Waals surface area contributed by atoms with E-state index in [9.17, 15) is 0 Å². The number of rotatable bonds is 2. The lowest BCUT2D eigenvalue weighted by Gasteiger charge is -2.10. The van der Waals surface area contributed by atoms with E-state index in [4.69, 9.17) is 0 Å². The van der Waals surface area contributed by atoms with E-state index in [1.54, 1.807) is 0 Å². The summed E-state index contributed by atoms with van der Waals surface area (Å²) in [6.07, 6.45) is 0. The van der Waals surface area contributed by atoms with E-state index < -0.39 is 0 Å². The second-order valence-corrected chi connectivity index (χ2v) is 3.92. The van der Waals surface area contributed by atoms with Gasteiger partial charge in [0.1, 0.15) is 0 Å². The molecule has 0 aromatic heterocycles. The molecule has 0 saturated carbocycles. The van der Waals surface area contributed by atoms with Crippen molar-refractivity contribution in [3.8, 4) is 0 Å². The van der Waals surface area contributed by atoms with Gasteiger partial charge in [-0.05, 0) is 36.5 Å². The average molecular weight is 201 g/mol. The lowest BCUT2D eigenvalue weighted by molar-refractivity contribution is 0.403. The summed E-state index contributed by atoms with van der Waals surface area (Å²) in [7, 11) is 4.18. The van der Waals surface area contributed by atoms with Crippen LogP contribution in [0.4, 0.5) is 0 Å². The molecule has 1 nitrogen and oxygen atoms in total. The smallest absolute Gasteiger partial charge is 0.0227 e. The van der Waals surface area contributed by atoms with Crippen LogP contribution < -0.4 is 0 Å². The van der Waals surface area contributed by atoms with E-state index in [2.05, 4.69) is 61.5 Å². The molecule has 0 amide bonds. The minimum atomic E-state index is 0. The molecule has 2 rings (SSSR count). The molecule has 0 aliphatic rings. The van der Waals surface area contributed by atoms with Crippen molar-refractivity contribution < 1.29 is 0 Å². The van der Waals surface area contributed by atoms with Gasteiger partial charge in [-0.25, -0.2) is 0 Å². The van der Waals surface area contributed by atoms with Crippen molar-refractivity contribution in [3.05, 3.63) is 48.0 Å². The van der Waals surface area contributed by atoms with Crippen LogP contribution in [-0.4, -0.2) is 19.0 Å². The summed E-state index contributed by atoms with van der Waals surface area (Å²) in [6, 6.07) is 15.1. The Morgan fingerprint density at radius 3 is 2.27 bits per heavy atom. The van der Waals surface area contributed by atoms with E-state index >= 15 is 0 Å². The Morgan fingerprint density at radius 1 is 0.933 bits per heavy atom. The Kier molecular flexibility index (Phi) is 3.87. The Labute approximate surface area is 92.3 Å². The molecule has 0 radical (unpaired) electrons. The Bertz CT molecular complexity index is 432. The molecule has 15 heavy (non-hydrogen) atoms. The fourth-order valence-corrected chi connectivity index (χ4v) is 1.70. The van der Waals surface area contributed by atoms with Crippen LogP contribution in [0.15, 0.2) is 42.5 Å². The van der Waals surface area contributed by atoms with Crippen LogP contribution in [0.5, 0.6) is 0 Å². The molecule has 0 aliphatic carbocycles. The van der Waals surface area contributed by atoms with Gasteiger partial charge in [0.15, 0.2) is 0 Å². The Balaban J connectivity index is 0.00000112. The van der Waals surface area contributed by atoms with E-state index in [0.717, 1.165) is 6.54 Å². The third kappa shape index (κ3) is 2.80. The van der Waals surface area contributed by atoms with E-state index in [0.29, 0.717) is 0 Å². The standard InChI is InChI=1S/C13H15N.CH4/c1-14(2)10-11-7-8-12-5-3-4-6-13(12)9-11;/h3-9H,10H2,1-2H3;1H4. The molecule has 80 valence electrons. The zero-order valence-electron chi connectivity index (χ0n) is 8.70. The quantitative estimate of drug-likeness (QED) is 0.718. The summed E-state index contributed by atoms with van der Waals surface area (Å²) >= 11 is 0. The van der Waals surface area contributed by atoms with Crippen LogP contribution in [0.1, 0.15) is 13.0 Å². The number of fused-ring (bicyclic) bond motifs is 1. The van der Waals surface area contributed by atoms with Gasteiger partial charge in [0.2, 0.25) is 0 Å². The number of nitrogens with zero attached hydrogens (tertiary/aromatic N) is 1. The van der Waals surface area contributed by atoms with E-state index in [1.165, 1.54) is 16.3 Å². The Morgan fingerprint density at radius 2 is 1.60 bits per heavy atom. The number of hydrogen-bond acceptors (Lipinski definition) is 1. The predicted octanol–water partition coefficient (Wildman–Crippen LogP) is 3.54. The molecule has 0 spiro atoms. The highest BCUT2D eigenvalue weighted by molar-refractivity contribution is 5.82. The van der Waals surface area contributed by atoms with Gasteiger partial charge in [-0.1, -0.05) is 43.8 Å². The molecule has 1 heteroatoms. The van der Waals surface area contributed by atoms with Gasteiger partial charge >= 0.3 is 0 Å². The minimum absolute atomic E-state index is 0. The second kappa shape index (κ2) is 4.94. The lowest BCUT2D eigenvalue weighted by Crippen LogP contribution is -2.10. The van der Waals surface area contributed by atoms with Crippen LogP contribution >= 0.6 is 0 Å². The molecule has 0 saturated heterocycles. The first-order valence-corrected chi connectivity index (χ1v) is 4.88. The van der Waals surface area contributed by atoms with Crippen LogP contribution in [0.3, 0.4) is 0 Å². The van der Waals surface area contributed by atoms with Gasteiger partial charge in [-0.15, -0.1) is 0 Å². The molecular formula is C14H19N. The molecule has 0 heterocycles. The SMILES string of the molecule is C.CN(C)Cc1ccc2ccccc2c1. The van der Waals surface area contributed by atoms with E-state index in [-0.39, 0.29) is 7.43 Å². The van der Waals surface area contributed by atoms with Gasteiger partial charge in [0.25, 0.3) is 0 Å².